The molecule has 2 aromatic carbocycles. The number of carbonyl (C=O) groups excluding carboxylic acids is 2. The molecule has 184 valence electrons. The van der Waals surface area contributed by atoms with Crippen molar-refractivity contribution in [1.29, 1.82) is 0 Å². The van der Waals surface area contributed by atoms with Crippen LogP contribution in [-0.2, 0) is 14.3 Å². The molecule has 2 saturated carbocycles. The Hall–Kier alpha value is -3.35. The molecule has 7 nitrogen and oxygen atoms in total. The zero-order chi connectivity index (χ0) is 24.4. The van der Waals surface area contributed by atoms with Crippen LogP contribution in [0.3, 0.4) is 0 Å². The van der Waals surface area contributed by atoms with Gasteiger partial charge in [-0.1, -0.05) is 67.8 Å². The number of ether oxygens (including phenoxy) is 1. The van der Waals surface area contributed by atoms with Crippen molar-refractivity contribution in [2.75, 3.05) is 6.61 Å². The fourth-order valence-electron chi connectivity index (χ4n) is 5.82. The second-order valence-corrected chi connectivity index (χ2v) is 9.98. The Bertz CT molecular complexity index is 1070. The van der Waals surface area contributed by atoms with E-state index in [4.69, 9.17) is 4.74 Å². The number of hydrogen-bond acceptors (Lipinski definition) is 4. The number of alkyl carbamates (subject to hydrolysis) is 1. The van der Waals surface area contributed by atoms with Gasteiger partial charge in [0.2, 0.25) is 5.91 Å². The fraction of sp³-hybridized carbons (Fsp3) is 0.464. The lowest BCUT2D eigenvalue weighted by molar-refractivity contribution is -0.145. The minimum absolute atomic E-state index is 0.00594. The molecule has 2 amide bonds. The van der Waals surface area contributed by atoms with Crippen LogP contribution in [0.15, 0.2) is 48.5 Å². The van der Waals surface area contributed by atoms with Crippen LogP contribution in [0.5, 0.6) is 0 Å². The summed E-state index contributed by atoms with van der Waals surface area (Å²) >= 11 is 0. The van der Waals surface area contributed by atoms with E-state index in [1.807, 2.05) is 24.3 Å². The van der Waals surface area contributed by atoms with E-state index in [1.165, 1.54) is 11.1 Å². The molecule has 3 aliphatic rings. The van der Waals surface area contributed by atoms with Gasteiger partial charge in [0.15, 0.2) is 0 Å². The first-order chi connectivity index (χ1) is 17.0. The third-order valence-corrected chi connectivity index (χ3v) is 7.93. The van der Waals surface area contributed by atoms with Gasteiger partial charge in [-0.2, -0.15) is 0 Å². The average Bonchev–Trinajstić information content (AvgIpc) is 3.15. The standard InChI is InChI=1S/C28H32N2O5/c31-26(30-25(27(32)33)17-8-7-9-17)22-14-5-6-15-24(22)29-28(34)35-16-23-20-12-3-1-10-18(20)19-11-2-4-13-21(19)23/h1-4,10-13,17,22-25H,5-9,14-16H2,(H,29,34)(H,30,31)(H,32,33)/t22-,24+,25?/m0/s1. The Kier molecular flexibility index (Phi) is 6.75. The van der Waals surface area contributed by atoms with E-state index >= 15 is 0 Å². The lowest BCUT2D eigenvalue weighted by Gasteiger charge is -2.35. The van der Waals surface area contributed by atoms with Gasteiger partial charge in [-0.3, -0.25) is 4.79 Å². The quantitative estimate of drug-likeness (QED) is 0.548. The molecule has 7 heteroatoms. The molecule has 0 aliphatic heterocycles. The normalized spacial score (nSPS) is 22.3. The number of fused-ring (bicyclic) bond motifs is 3. The average molecular weight is 477 g/mol. The lowest BCUT2D eigenvalue weighted by Crippen LogP contribution is -2.54. The molecule has 1 unspecified atom stereocenters. The van der Waals surface area contributed by atoms with E-state index in [-0.39, 0.29) is 30.4 Å². The van der Waals surface area contributed by atoms with Gasteiger partial charge in [0.25, 0.3) is 0 Å². The van der Waals surface area contributed by atoms with Gasteiger partial charge in [-0.15, -0.1) is 0 Å². The molecule has 3 N–H and O–H groups in total. The predicted octanol–water partition coefficient (Wildman–Crippen LogP) is 4.45. The number of rotatable bonds is 7. The molecule has 35 heavy (non-hydrogen) atoms. The molecule has 0 spiro atoms. The van der Waals surface area contributed by atoms with Crippen LogP contribution in [0.4, 0.5) is 4.79 Å². The van der Waals surface area contributed by atoms with Crippen molar-refractivity contribution in [3.8, 4) is 11.1 Å². The summed E-state index contributed by atoms with van der Waals surface area (Å²) < 4.78 is 5.68. The summed E-state index contributed by atoms with van der Waals surface area (Å²) in [5.41, 5.74) is 4.63. The monoisotopic (exact) mass is 476 g/mol. The summed E-state index contributed by atoms with van der Waals surface area (Å²) in [7, 11) is 0. The first-order valence-electron chi connectivity index (χ1n) is 12.7. The number of aliphatic carboxylic acids is 1. The second kappa shape index (κ2) is 10.1. The maximum atomic E-state index is 13.0. The van der Waals surface area contributed by atoms with E-state index in [0.717, 1.165) is 43.2 Å². The Labute approximate surface area is 205 Å². The van der Waals surface area contributed by atoms with Crippen molar-refractivity contribution >= 4 is 18.0 Å². The Morgan fingerprint density at radius 1 is 0.886 bits per heavy atom. The van der Waals surface area contributed by atoms with Crippen molar-refractivity contribution in [3.63, 3.8) is 0 Å². The van der Waals surface area contributed by atoms with E-state index in [2.05, 4.69) is 34.9 Å². The van der Waals surface area contributed by atoms with Gasteiger partial charge < -0.3 is 20.5 Å². The van der Waals surface area contributed by atoms with Gasteiger partial charge in [-0.05, 0) is 53.9 Å². The number of carboxylic acids is 1. The van der Waals surface area contributed by atoms with Crippen molar-refractivity contribution in [2.24, 2.45) is 11.8 Å². The maximum absolute atomic E-state index is 13.0. The molecule has 0 radical (unpaired) electrons. The van der Waals surface area contributed by atoms with E-state index in [1.54, 1.807) is 0 Å². The minimum Gasteiger partial charge on any atom is -0.480 e. The number of amides is 2. The van der Waals surface area contributed by atoms with E-state index in [0.29, 0.717) is 12.8 Å². The number of carbonyl (C=O) groups is 3. The highest BCUT2D eigenvalue weighted by Crippen LogP contribution is 2.44. The highest BCUT2D eigenvalue weighted by atomic mass is 16.5. The van der Waals surface area contributed by atoms with Gasteiger partial charge in [0, 0.05) is 12.0 Å². The van der Waals surface area contributed by atoms with Crippen molar-refractivity contribution in [3.05, 3.63) is 59.7 Å². The molecule has 3 atom stereocenters. The highest BCUT2D eigenvalue weighted by Gasteiger charge is 2.38. The molecule has 3 aliphatic carbocycles. The van der Waals surface area contributed by atoms with Crippen LogP contribution in [0.1, 0.15) is 62.0 Å². The number of nitrogens with one attached hydrogen (secondary N) is 2. The smallest absolute Gasteiger partial charge is 0.407 e. The zero-order valence-electron chi connectivity index (χ0n) is 19.7. The molecule has 0 aromatic heterocycles. The van der Waals surface area contributed by atoms with Crippen LogP contribution in [0.25, 0.3) is 11.1 Å². The summed E-state index contributed by atoms with van der Waals surface area (Å²) in [5.74, 6) is -1.76. The van der Waals surface area contributed by atoms with Crippen LogP contribution >= 0.6 is 0 Å². The summed E-state index contributed by atoms with van der Waals surface area (Å²) in [6.07, 6.45) is 5.18. The number of hydrogen-bond donors (Lipinski definition) is 3. The molecule has 2 aromatic rings. The summed E-state index contributed by atoms with van der Waals surface area (Å²) in [5, 5.41) is 15.2. The van der Waals surface area contributed by atoms with Crippen LogP contribution in [0.2, 0.25) is 0 Å². The summed E-state index contributed by atoms with van der Waals surface area (Å²) in [6.45, 7) is 0.214. The Morgan fingerprint density at radius 3 is 2.11 bits per heavy atom. The summed E-state index contributed by atoms with van der Waals surface area (Å²) in [6, 6.07) is 15.1. The molecule has 0 saturated heterocycles. The van der Waals surface area contributed by atoms with Gasteiger partial charge >= 0.3 is 12.1 Å². The van der Waals surface area contributed by atoms with Crippen molar-refractivity contribution in [1.82, 2.24) is 10.6 Å². The topological polar surface area (TPSA) is 105 Å². The lowest BCUT2D eigenvalue weighted by atomic mass is 9.78. The molecule has 2 fully saturated rings. The van der Waals surface area contributed by atoms with Crippen LogP contribution < -0.4 is 10.6 Å². The molecular weight excluding hydrogens is 444 g/mol. The SMILES string of the molecule is O=C(N[C@@H]1CCCC[C@@H]1C(=O)NC(C(=O)O)C1CCC1)OCC1c2ccccc2-c2ccccc21. The Morgan fingerprint density at radius 2 is 1.51 bits per heavy atom. The first kappa shape index (κ1) is 23.4. The minimum atomic E-state index is -0.986. The third kappa shape index (κ3) is 4.77. The van der Waals surface area contributed by atoms with Gasteiger partial charge in [-0.25, -0.2) is 9.59 Å². The highest BCUT2D eigenvalue weighted by molar-refractivity contribution is 5.86. The van der Waals surface area contributed by atoms with Crippen molar-refractivity contribution < 1.29 is 24.2 Å². The fourth-order valence-corrected chi connectivity index (χ4v) is 5.82. The zero-order valence-corrected chi connectivity index (χ0v) is 19.7. The van der Waals surface area contributed by atoms with E-state index < -0.39 is 24.0 Å². The summed E-state index contributed by atoms with van der Waals surface area (Å²) in [4.78, 5) is 37.5. The molecule has 5 rings (SSSR count). The van der Waals surface area contributed by atoms with Gasteiger partial charge in [0.1, 0.15) is 12.6 Å². The number of carboxylic acid groups (broad SMARTS) is 1. The van der Waals surface area contributed by atoms with E-state index in [9.17, 15) is 19.5 Å². The largest absolute Gasteiger partial charge is 0.480 e. The molecular formula is C28H32N2O5. The third-order valence-electron chi connectivity index (χ3n) is 7.93. The maximum Gasteiger partial charge on any atom is 0.407 e. The predicted molar refractivity (Wildman–Crippen MR) is 131 cm³/mol. The number of benzene rings is 2. The first-order valence-corrected chi connectivity index (χ1v) is 12.7. The van der Waals surface area contributed by atoms with Gasteiger partial charge in [0.05, 0.1) is 5.92 Å². The van der Waals surface area contributed by atoms with Crippen LogP contribution in [-0.4, -0.2) is 41.8 Å². The Balaban J connectivity index is 1.21. The van der Waals surface area contributed by atoms with Crippen LogP contribution in [0, 0.1) is 11.8 Å². The molecule has 0 bridgehead atoms. The second-order valence-electron chi connectivity index (χ2n) is 9.98. The van der Waals surface area contributed by atoms with Crippen molar-refractivity contribution in [2.45, 2.75) is 62.9 Å². The molecule has 0 heterocycles.